The number of hydrogen-bond acceptors (Lipinski definition) is 2. The van der Waals surface area contributed by atoms with E-state index in [1.807, 2.05) is 0 Å². The minimum absolute atomic E-state index is 0.0699. The van der Waals surface area contributed by atoms with Crippen molar-refractivity contribution in [1.82, 2.24) is 5.32 Å². The maximum absolute atomic E-state index is 13.2. The van der Waals surface area contributed by atoms with Crippen molar-refractivity contribution in [3.8, 4) is 0 Å². The lowest BCUT2D eigenvalue weighted by molar-refractivity contribution is -0.0523. The predicted molar refractivity (Wildman–Crippen MR) is 63.3 cm³/mol. The highest BCUT2D eigenvalue weighted by Gasteiger charge is 2.36. The fraction of sp³-hybridized carbons (Fsp3) is 1.00. The predicted octanol–water partition coefficient (Wildman–Crippen LogP) is 2.97. The van der Waals surface area contributed by atoms with Crippen LogP contribution in [-0.4, -0.2) is 31.7 Å². The Morgan fingerprint density at radius 2 is 2.12 bits per heavy atom. The summed E-state index contributed by atoms with van der Waals surface area (Å²) < 4.78 is 31.8. The van der Waals surface area contributed by atoms with Crippen LogP contribution in [0.15, 0.2) is 0 Å². The van der Waals surface area contributed by atoms with Gasteiger partial charge in [0.05, 0.1) is 6.10 Å². The van der Waals surface area contributed by atoms with E-state index < -0.39 is 5.92 Å². The van der Waals surface area contributed by atoms with Gasteiger partial charge in [-0.15, -0.1) is 0 Å². The van der Waals surface area contributed by atoms with Gasteiger partial charge in [-0.25, -0.2) is 8.78 Å². The first-order valence-corrected chi connectivity index (χ1v) is 6.73. The number of ether oxygens (including phenoxy) is 1. The number of rotatable bonds is 4. The zero-order valence-corrected chi connectivity index (χ0v) is 10.6. The monoisotopic (exact) mass is 247 g/mol. The molecule has 0 bridgehead atoms. The maximum atomic E-state index is 13.2. The molecule has 0 spiro atoms. The highest BCUT2D eigenvalue weighted by atomic mass is 19.3. The summed E-state index contributed by atoms with van der Waals surface area (Å²) in [6, 6.07) is 0.468. The SMILES string of the molecule is COC1CCC(NCC2CCCC(F)(F)C2)C1. The minimum Gasteiger partial charge on any atom is -0.381 e. The summed E-state index contributed by atoms with van der Waals surface area (Å²) in [7, 11) is 1.74. The molecule has 0 aromatic heterocycles. The molecule has 3 atom stereocenters. The van der Waals surface area contributed by atoms with E-state index in [2.05, 4.69) is 5.32 Å². The molecule has 0 aliphatic heterocycles. The van der Waals surface area contributed by atoms with Crippen LogP contribution in [0.3, 0.4) is 0 Å². The first-order chi connectivity index (χ1) is 8.09. The van der Waals surface area contributed by atoms with Crippen molar-refractivity contribution in [3.63, 3.8) is 0 Å². The maximum Gasteiger partial charge on any atom is 0.248 e. The minimum atomic E-state index is -2.42. The second kappa shape index (κ2) is 5.61. The third-order valence-electron chi connectivity index (χ3n) is 4.16. The lowest BCUT2D eigenvalue weighted by atomic mass is 9.86. The van der Waals surface area contributed by atoms with Crippen molar-refractivity contribution < 1.29 is 13.5 Å². The Bertz CT molecular complexity index is 248. The molecule has 2 saturated carbocycles. The largest absolute Gasteiger partial charge is 0.381 e. The normalized spacial score (nSPS) is 37.2. The molecule has 0 aromatic rings. The van der Waals surface area contributed by atoms with Gasteiger partial charge >= 0.3 is 0 Å². The molecule has 2 nitrogen and oxygen atoms in total. The number of halogens is 2. The van der Waals surface area contributed by atoms with Crippen LogP contribution in [0.2, 0.25) is 0 Å². The topological polar surface area (TPSA) is 21.3 Å². The molecule has 17 heavy (non-hydrogen) atoms. The Hall–Kier alpha value is -0.220. The van der Waals surface area contributed by atoms with Crippen LogP contribution in [0.4, 0.5) is 8.78 Å². The Morgan fingerprint density at radius 1 is 1.29 bits per heavy atom. The van der Waals surface area contributed by atoms with Gasteiger partial charge in [0, 0.05) is 26.0 Å². The summed E-state index contributed by atoms with van der Waals surface area (Å²) in [5, 5.41) is 3.44. The molecule has 0 radical (unpaired) electrons. The Kier molecular flexibility index (Phi) is 4.36. The molecular formula is C13H23F2NO. The number of alkyl halides is 2. The van der Waals surface area contributed by atoms with E-state index in [-0.39, 0.29) is 18.8 Å². The van der Waals surface area contributed by atoms with Gasteiger partial charge in [0.1, 0.15) is 0 Å². The van der Waals surface area contributed by atoms with Crippen LogP contribution in [0.25, 0.3) is 0 Å². The molecule has 0 aromatic carbocycles. The van der Waals surface area contributed by atoms with E-state index in [1.54, 1.807) is 7.11 Å². The van der Waals surface area contributed by atoms with E-state index in [0.29, 0.717) is 18.6 Å². The van der Waals surface area contributed by atoms with E-state index in [9.17, 15) is 8.78 Å². The smallest absolute Gasteiger partial charge is 0.248 e. The molecule has 0 saturated heterocycles. The van der Waals surface area contributed by atoms with E-state index in [1.165, 1.54) is 0 Å². The standard InChI is InChI=1S/C13H23F2NO/c1-17-12-5-4-11(7-12)16-9-10-3-2-6-13(14,15)8-10/h10-12,16H,2-9H2,1H3. The van der Waals surface area contributed by atoms with Gasteiger partial charge in [-0.1, -0.05) is 0 Å². The van der Waals surface area contributed by atoms with Gasteiger partial charge in [0.15, 0.2) is 0 Å². The van der Waals surface area contributed by atoms with Gasteiger partial charge < -0.3 is 10.1 Å². The van der Waals surface area contributed by atoms with Crippen molar-refractivity contribution in [2.75, 3.05) is 13.7 Å². The molecule has 4 heteroatoms. The van der Waals surface area contributed by atoms with Gasteiger partial charge in [-0.3, -0.25) is 0 Å². The van der Waals surface area contributed by atoms with E-state index in [4.69, 9.17) is 4.74 Å². The summed E-state index contributed by atoms with van der Waals surface area (Å²) in [6.07, 6.45) is 5.36. The zero-order chi connectivity index (χ0) is 12.3. The van der Waals surface area contributed by atoms with Crippen molar-refractivity contribution in [1.29, 1.82) is 0 Å². The fourth-order valence-corrected chi connectivity index (χ4v) is 3.12. The second-order valence-corrected chi connectivity index (χ2v) is 5.59. The lowest BCUT2D eigenvalue weighted by Gasteiger charge is -2.29. The summed E-state index contributed by atoms with van der Waals surface area (Å²) in [4.78, 5) is 0. The van der Waals surface area contributed by atoms with E-state index in [0.717, 1.165) is 32.2 Å². The van der Waals surface area contributed by atoms with Crippen LogP contribution >= 0.6 is 0 Å². The molecule has 2 fully saturated rings. The molecule has 2 aliphatic carbocycles. The summed E-state index contributed by atoms with van der Waals surface area (Å²) in [6.45, 7) is 0.747. The fourth-order valence-electron chi connectivity index (χ4n) is 3.12. The molecule has 2 rings (SSSR count). The van der Waals surface area contributed by atoms with Crippen LogP contribution in [0.1, 0.15) is 44.9 Å². The molecule has 0 heterocycles. The highest BCUT2D eigenvalue weighted by Crippen LogP contribution is 2.36. The van der Waals surface area contributed by atoms with Crippen LogP contribution in [0, 0.1) is 5.92 Å². The third kappa shape index (κ3) is 3.88. The van der Waals surface area contributed by atoms with Crippen molar-refractivity contribution in [2.24, 2.45) is 5.92 Å². The van der Waals surface area contributed by atoms with Gasteiger partial charge in [0.25, 0.3) is 0 Å². The summed E-state index contributed by atoms with van der Waals surface area (Å²) in [5.41, 5.74) is 0. The van der Waals surface area contributed by atoms with Gasteiger partial charge in [-0.2, -0.15) is 0 Å². The molecular weight excluding hydrogens is 224 g/mol. The van der Waals surface area contributed by atoms with Crippen LogP contribution < -0.4 is 5.32 Å². The first kappa shape index (κ1) is 13.2. The third-order valence-corrected chi connectivity index (χ3v) is 4.16. The first-order valence-electron chi connectivity index (χ1n) is 6.73. The second-order valence-electron chi connectivity index (χ2n) is 5.59. The number of nitrogens with one attached hydrogen (secondary N) is 1. The zero-order valence-electron chi connectivity index (χ0n) is 10.6. The number of hydrogen-bond donors (Lipinski definition) is 1. The Balaban J connectivity index is 1.68. The van der Waals surface area contributed by atoms with Crippen LogP contribution in [-0.2, 0) is 4.74 Å². The summed E-state index contributed by atoms with van der Waals surface area (Å²) in [5.74, 6) is -2.27. The van der Waals surface area contributed by atoms with Crippen molar-refractivity contribution >= 4 is 0 Å². The molecule has 2 aliphatic rings. The molecule has 1 N–H and O–H groups in total. The Morgan fingerprint density at radius 3 is 2.76 bits per heavy atom. The van der Waals surface area contributed by atoms with Gasteiger partial charge in [-0.05, 0) is 44.6 Å². The average Bonchev–Trinajstić information content (AvgIpc) is 2.73. The number of methoxy groups -OCH3 is 1. The molecule has 0 amide bonds. The van der Waals surface area contributed by atoms with E-state index >= 15 is 0 Å². The molecule has 100 valence electrons. The quantitative estimate of drug-likeness (QED) is 0.824. The van der Waals surface area contributed by atoms with Crippen molar-refractivity contribution in [3.05, 3.63) is 0 Å². The highest BCUT2D eigenvalue weighted by molar-refractivity contribution is 4.84. The van der Waals surface area contributed by atoms with Crippen LogP contribution in [0.5, 0.6) is 0 Å². The Labute approximate surface area is 102 Å². The lowest BCUT2D eigenvalue weighted by Crippen LogP contribution is -2.36. The average molecular weight is 247 g/mol. The van der Waals surface area contributed by atoms with Crippen molar-refractivity contribution in [2.45, 2.75) is 63.0 Å². The van der Waals surface area contributed by atoms with Gasteiger partial charge in [0.2, 0.25) is 5.92 Å². The molecule has 3 unspecified atom stereocenters. The summed E-state index contributed by atoms with van der Waals surface area (Å²) >= 11 is 0.